The Morgan fingerprint density at radius 1 is 1.26 bits per heavy atom. The van der Waals surface area contributed by atoms with Gasteiger partial charge in [0.15, 0.2) is 0 Å². The van der Waals surface area contributed by atoms with Crippen LogP contribution in [0, 0.1) is 5.92 Å². The standard InChI is InChI=1S/C23H32O4/c1-6-7-8-9-15-10-18(25-14(2)24)21-16-13-23(5)20(27-23)12-17(16)22(3,4)26-19(21)11-15/h10-11,16-17,20H,6-9,12-13H2,1-5H3/t16-,17-,20-,23+/m1/s1. The highest BCUT2D eigenvalue weighted by molar-refractivity contribution is 5.71. The maximum absolute atomic E-state index is 11.8. The second-order valence-electron chi connectivity index (χ2n) is 9.33. The van der Waals surface area contributed by atoms with E-state index in [-0.39, 0.29) is 17.2 Å². The molecular formula is C23H32O4. The van der Waals surface area contributed by atoms with Gasteiger partial charge in [-0.2, -0.15) is 0 Å². The highest BCUT2D eigenvalue weighted by atomic mass is 16.6. The molecule has 0 aromatic heterocycles. The summed E-state index contributed by atoms with van der Waals surface area (Å²) in [6.07, 6.45) is 6.82. The summed E-state index contributed by atoms with van der Waals surface area (Å²) < 4.78 is 18.2. The molecule has 1 aliphatic carbocycles. The number of benzene rings is 1. The third kappa shape index (κ3) is 3.37. The number of carbonyl (C=O) groups is 1. The van der Waals surface area contributed by atoms with E-state index in [1.54, 1.807) is 0 Å². The molecule has 2 fully saturated rings. The summed E-state index contributed by atoms with van der Waals surface area (Å²) in [7, 11) is 0. The van der Waals surface area contributed by atoms with Gasteiger partial charge in [-0.05, 0) is 64.2 Å². The van der Waals surface area contributed by atoms with Gasteiger partial charge < -0.3 is 14.2 Å². The molecule has 1 saturated heterocycles. The lowest BCUT2D eigenvalue weighted by molar-refractivity contribution is -0.132. The number of aryl methyl sites for hydroxylation is 1. The fraction of sp³-hybridized carbons (Fsp3) is 0.696. The number of hydrogen-bond donors (Lipinski definition) is 0. The Morgan fingerprint density at radius 2 is 2.04 bits per heavy atom. The van der Waals surface area contributed by atoms with Crippen molar-refractivity contribution in [2.75, 3.05) is 0 Å². The van der Waals surface area contributed by atoms with E-state index in [2.05, 4.69) is 39.8 Å². The van der Waals surface area contributed by atoms with Gasteiger partial charge in [-0.3, -0.25) is 4.79 Å². The Kier molecular flexibility index (Phi) is 4.53. The van der Waals surface area contributed by atoms with Crippen molar-refractivity contribution in [1.29, 1.82) is 0 Å². The van der Waals surface area contributed by atoms with Crippen molar-refractivity contribution < 1.29 is 19.0 Å². The van der Waals surface area contributed by atoms with E-state index in [4.69, 9.17) is 14.2 Å². The van der Waals surface area contributed by atoms with Crippen molar-refractivity contribution >= 4 is 5.97 Å². The predicted octanol–water partition coefficient (Wildman–Crippen LogP) is 5.17. The van der Waals surface area contributed by atoms with Crippen LogP contribution in [-0.2, 0) is 16.0 Å². The van der Waals surface area contributed by atoms with E-state index in [0.717, 1.165) is 37.0 Å². The summed E-state index contributed by atoms with van der Waals surface area (Å²) in [5, 5.41) is 0. The first-order valence-electron chi connectivity index (χ1n) is 10.5. The van der Waals surface area contributed by atoms with Crippen LogP contribution in [0.15, 0.2) is 12.1 Å². The van der Waals surface area contributed by atoms with Crippen molar-refractivity contribution in [3.05, 3.63) is 23.3 Å². The minimum Gasteiger partial charge on any atom is -0.487 e. The number of rotatable bonds is 5. The molecule has 148 valence electrons. The fourth-order valence-electron chi connectivity index (χ4n) is 5.24. The number of unbranched alkanes of at least 4 members (excludes halogenated alkanes) is 2. The lowest BCUT2D eigenvalue weighted by atomic mass is 9.64. The normalized spacial score (nSPS) is 32.6. The molecule has 27 heavy (non-hydrogen) atoms. The number of esters is 1. The number of epoxide rings is 1. The smallest absolute Gasteiger partial charge is 0.308 e. The van der Waals surface area contributed by atoms with Gasteiger partial charge in [0.1, 0.15) is 17.1 Å². The third-order valence-electron chi connectivity index (χ3n) is 6.74. The molecule has 4 rings (SSSR count). The van der Waals surface area contributed by atoms with Gasteiger partial charge >= 0.3 is 5.97 Å². The van der Waals surface area contributed by atoms with Crippen molar-refractivity contribution in [2.24, 2.45) is 5.92 Å². The van der Waals surface area contributed by atoms with Gasteiger partial charge in [0, 0.05) is 24.3 Å². The summed E-state index contributed by atoms with van der Waals surface area (Å²) in [5.74, 6) is 1.98. The molecule has 0 spiro atoms. The largest absolute Gasteiger partial charge is 0.487 e. The summed E-state index contributed by atoms with van der Waals surface area (Å²) in [6.45, 7) is 10.3. The quantitative estimate of drug-likeness (QED) is 0.310. The SMILES string of the molecule is CCCCCc1cc(OC(C)=O)c2c(c1)OC(C)(C)[C@@H]1C[C@H]3O[C@@]3(C)C[C@@H]21. The molecule has 2 aliphatic heterocycles. The van der Waals surface area contributed by atoms with Crippen molar-refractivity contribution in [3.63, 3.8) is 0 Å². The van der Waals surface area contributed by atoms with Gasteiger partial charge in [-0.15, -0.1) is 0 Å². The summed E-state index contributed by atoms with van der Waals surface area (Å²) >= 11 is 0. The lowest BCUT2D eigenvalue weighted by Crippen LogP contribution is -2.48. The van der Waals surface area contributed by atoms with E-state index in [9.17, 15) is 4.79 Å². The molecule has 0 unspecified atom stereocenters. The highest BCUT2D eigenvalue weighted by Gasteiger charge is 2.63. The molecule has 4 nitrogen and oxygen atoms in total. The van der Waals surface area contributed by atoms with Gasteiger partial charge in [0.05, 0.1) is 11.7 Å². The van der Waals surface area contributed by atoms with Crippen LogP contribution in [0.5, 0.6) is 11.5 Å². The van der Waals surface area contributed by atoms with Crippen LogP contribution < -0.4 is 9.47 Å². The molecule has 4 heteroatoms. The van der Waals surface area contributed by atoms with Crippen LogP contribution in [0.2, 0.25) is 0 Å². The van der Waals surface area contributed by atoms with E-state index in [0.29, 0.717) is 23.7 Å². The van der Waals surface area contributed by atoms with E-state index >= 15 is 0 Å². The van der Waals surface area contributed by atoms with Crippen LogP contribution in [0.3, 0.4) is 0 Å². The molecule has 3 aliphatic rings. The van der Waals surface area contributed by atoms with Crippen LogP contribution in [0.1, 0.15) is 83.8 Å². The number of hydrogen-bond acceptors (Lipinski definition) is 4. The minimum absolute atomic E-state index is 0.0286. The molecule has 1 aromatic carbocycles. The minimum atomic E-state index is -0.271. The highest BCUT2D eigenvalue weighted by Crippen LogP contribution is 2.62. The molecule has 2 heterocycles. The van der Waals surface area contributed by atoms with Crippen LogP contribution in [-0.4, -0.2) is 23.3 Å². The van der Waals surface area contributed by atoms with Crippen LogP contribution in [0.4, 0.5) is 0 Å². The maximum Gasteiger partial charge on any atom is 0.308 e. The zero-order valence-corrected chi connectivity index (χ0v) is 17.3. The van der Waals surface area contributed by atoms with Crippen LogP contribution >= 0.6 is 0 Å². The second kappa shape index (κ2) is 6.51. The third-order valence-corrected chi connectivity index (χ3v) is 6.74. The molecule has 0 radical (unpaired) electrons. The maximum atomic E-state index is 11.8. The van der Waals surface area contributed by atoms with Gasteiger partial charge in [-0.25, -0.2) is 0 Å². The molecule has 0 bridgehead atoms. The van der Waals surface area contributed by atoms with Crippen LogP contribution in [0.25, 0.3) is 0 Å². The predicted molar refractivity (Wildman–Crippen MR) is 104 cm³/mol. The Morgan fingerprint density at radius 3 is 2.74 bits per heavy atom. The molecule has 4 atom stereocenters. The Bertz CT molecular complexity index is 753. The first-order chi connectivity index (χ1) is 12.7. The van der Waals surface area contributed by atoms with E-state index in [1.807, 2.05) is 0 Å². The Labute approximate surface area is 162 Å². The summed E-state index contributed by atoms with van der Waals surface area (Å²) in [5.41, 5.74) is 1.99. The number of ether oxygens (including phenoxy) is 3. The molecule has 1 saturated carbocycles. The van der Waals surface area contributed by atoms with Gasteiger partial charge in [0.25, 0.3) is 0 Å². The Hall–Kier alpha value is -1.55. The first-order valence-corrected chi connectivity index (χ1v) is 10.5. The van der Waals surface area contributed by atoms with Gasteiger partial charge in [-0.1, -0.05) is 19.8 Å². The Balaban J connectivity index is 1.75. The topological polar surface area (TPSA) is 48.1 Å². The van der Waals surface area contributed by atoms with Crippen molar-refractivity contribution in [3.8, 4) is 11.5 Å². The van der Waals surface area contributed by atoms with Crippen molar-refractivity contribution in [1.82, 2.24) is 0 Å². The average molecular weight is 373 g/mol. The monoisotopic (exact) mass is 372 g/mol. The zero-order chi connectivity index (χ0) is 19.4. The van der Waals surface area contributed by atoms with E-state index in [1.165, 1.54) is 25.3 Å². The molecular weight excluding hydrogens is 340 g/mol. The lowest BCUT2D eigenvalue weighted by Gasteiger charge is -2.47. The molecule has 0 N–H and O–H groups in total. The van der Waals surface area contributed by atoms with Crippen molar-refractivity contribution in [2.45, 2.75) is 96.4 Å². The summed E-state index contributed by atoms with van der Waals surface area (Å²) in [4.78, 5) is 11.8. The number of carbonyl (C=O) groups excluding carboxylic acids is 1. The van der Waals surface area contributed by atoms with E-state index < -0.39 is 0 Å². The second-order valence-corrected chi connectivity index (χ2v) is 9.33. The average Bonchev–Trinajstić information content (AvgIpc) is 3.22. The summed E-state index contributed by atoms with van der Waals surface area (Å²) in [6, 6.07) is 4.24. The zero-order valence-electron chi connectivity index (χ0n) is 17.3. The molecule has 1 aromatic rings. The first kappa shape index (κ1) is 18.8. The fourth-order valence-corrected chi connectivity index (χ4v) is 5.24. The van der Waals surface area contributed by atoms with Gasteiger partial charge in [0.2, 0.25) is 0 Å². The number of fused-ring (bicyclic) bond motifs is 4. The molecule has 0 amide bonds.